The molecule has 2 heterocycles. The highest BCUT2D eigenvalue weighted by Crippen LogP contribution is 2.29. The molecule has 4 N–H and O–H groups in total. The van der Waals surface area contributed by atoms with E-state index in [1.807, 2.05) is 6.92 Å². The van der Waals surface area contributed by atoms with Gasteiger partial charge in [-0.1, -0.05) is 34.5 Å². The zero-order chi connectivity index (χ0) is 26.6. The Morgan fingerprint density at radius 2 is 1.25 bits per heavy atom. The molecule has 0 saturated heterocycles. The summed E-state index contributed by atoms with van der Waals surface area (Å²) < 4.78 is 26.1. The van der Waals surface area contributed by atoms with Crippen LogP contribution >= 0.6 is 45.9 Å². The summed E-state index contributed by atoms with van der Waals surface area (Å²) in [5, 5.41) is 6.73. The number of nitrogens with one attached hydrogen (secondary N) is 2. The monoisotopic (exact) mass is 569 g/mol. The lowest BCUT2D eigenvalue weighted by molar-refractivity contribution is 0.102. The topological polar surface area (TPSA) is 110 Å². The van der Waals surface area contributed by atoms with Gasteiger partial charge in [0.1, 0.15) is 21.4 Å². The van der Waals surface area contributed by atoms with Gasteiger partial charge in [0.05, 0.1) is 38.8 Å². The number of benzene rings is 2. The molecule has 13 heteroatoms. The van der Waals surface area contributed by atoms with Crippen molar-refractivity contribution in [3.05, 3.63) is 84.2 Å². The maximum absolute atomic E-state index is 13.1. The van der Waals surface area contributed by atoms with Crippen LogP contribution in [0.4, 0.5) is 25.3 Å². The van der Waals surface area contributed by atoms with Crippen molar-refractivity contribution in [1.29, 1.82) is 0 Å². The Morgan fingerprint density at radius 3 is 1.61 bits per heavy atom. The lowest BCUT2D eigenvalue weighted by atomic mass is 10.2. The van der Waals surface area contributed by atoms with Gasteiger partial charge in [-0.05, 0) is 56.2 Å². The maximum atomic E-state index is 13.1. The summed E-state index contributed by atoms with van der Waals surface area (Å²) in [7, 11) is 0. The zero-order valence-corrected chi connectivity index (χ0v) is 22.2. The Kier molecular flexibility index (Phi) is 8.96. The summed E-state index contributed by atoms with van der Waals surface area (Å²) in [5.74, 6) is -1.54. The second kappa shape index (κ2) is 11.7. The normalized spacial score (nSPS) is 10.4. The van der Waals surface area contributed by atoms with Crippen molar-refractivity contribution in [3.8, 4) is 0 Å². The van der Waals surface area contributed by atoms with Gasteiger partial charge in [0, 0.05) is 0 Å². The van der Waals surface area contributed by atoms with E-state index in [1.54, 1.807) is 13.8 Å². The number of nitrogens with zero attached hydrogens (tertiary/aromatic N) is 2. The fraction of sp³-hybridized carbons (Fsp3) is 0.130. The van der Waals surface area contributed by atoms with Gasteiger partial charge >= 0.3 is 0 Å². The summed E-state index contributed by atoms with van der Waals surface area (Å²) in [6.45, 7) is 5.16. The van der Waals surface area contributed by atoms with E-state index in [0.717, 1.165) is 22.4 Å². The molecular formula is C23H19Cl2F2N5O2S2. The van der Waals surface area contributed by atoms with E-state index in [-0.39, 0.29) is 21.9 Å². The van der Waals surface area contributed by atoms with Crippen LogP contribution in [0.2, 0.25) is 10.0 Å². The smallest absolute Gasteiger partial charge is 0.267 e. The lowest BCUT2D eigenvalue weighted by Crippen LogP contribution is -2.11. The highest BCUT2D eigenvalue weighted by atomic mass is 35.5. The SMILES string of the molecule is Cc1cc(F)cc(Cl)c1NC(=O)c1cnc(N)s1.Cc1ncc(C(=O)Nc2c(C)cc(F)cc2Cl)s1. The summed E-state index contributed by atoms with van der Waals surface area (Å²) >= 11 is 14.1. The molecule has 188 valence electrons. The predicted molar refractivity (Wildman–Crippen MR) is 142 cm³/mol. The van der Waals surface area contributed by atoms with Crippen LogP contribution in [0.3, 0.4) is 0 Å². The van der Waals surface area contributed by atoms with E-state index in [0.29, 0.717) is 37.4 Å². The molecule has 0 bridgehead atoms. The fourth-order valence-corrected chi connectivity index (χ4v) is 4.78. The Morgan fingerprint density at radius 1 is 0.806 bits per heavy atom. The van der Waals surface area contributed by atoms with E-state index < -0.39 is 11.6 Å². The van der Waals surface area contributed by atoms with E-state index >= 15 is 0 Å². The van der Waals surface area contributed by atoms with Crippen LogP contribution in [0.15, 0.2) is 36.7 Å². The first kappa shape index (κ1) is 27.5. The molecule has 4 aromatic rings. The van der Waals surface area contributed by atoms with Crippen LogP contribution < -0.4 is 16.4 Å². The lowest BCUT2D eigenvalue weighted by Gasteiger charge is -2.09. The van der Waals surface area contributed by atoms with Gasteiger partial charge in [-0.25, -0.2) is 18.7 Å². The number of halogens is 4. The number of carbonyl (C=O) groups excluding carboxylic acids is 2. The van der Waals surface area contributed by atoms with Crippen molar-refractivity contribution in [2.45, 2.75) is 20.8 Å². The summed E-state index contributed by atoms with van der Waals surface area (Å²) in [6.07, 6.45) is 2.88. The predicted octanol–water partition coefficient (Wildman–Crippen LogP) is 6.88. The van der Waals surface area contributed by atoms with E-state index in [1.165, 1.54) is 41.9 Å². The van der Waals surface area contributed by atoms with Crippen LogP contribution in [-0.4, -0.2) is 21.8 Å². The highest BCUT2D eigenvalue weighted by molar-refractivity contribution is 7.17. The third kappa shape index (κ3) is 6.97. The molecule has 7 nitrogen and oxygen atoms in total. The third-order valence-corrected chi connectivity index (χ3v) is 6.91. The van der Waals surface area contributed by atoms with Gasteiger partial charge in [0.2, 0.25) is 0 Å². The average Bonchev–Trinajstić information content (AvgIpc) is 3.42. The molecule has 0 atom stereocenters. The van der Waals surface area contributed by atoms with Crippen LogP contribution in [0.5, 0.6) is 0 Å². The van der Waals surface area contributed by atoms with Crippen molar-refractivity contribution in [2.75, 3.05) is 16.4 Å². The minimum atomic E-state index is -0.447. The number of nitrogens with two attached hydrogens (primary N) is 1. The quantitative estimate of drug-likeness (QED) is 0.248. The molecule has 0 saturated carbocycles. The number of thiazole rings is 2. The summed E-state index contributed by atoms with van der Waals surface area (Å²) in [6, 6.07) is 4.93. The Bertz CT molecular complexity index is 1290. The number of nitrogen functional groups attached to an aromatic ring is 1. The van der Waals surface area contributed by atoms with Gasteiger partial charge in [0.15, 0.2) is 5.13 Å². The van der Waals surface area contributed by atoms with Crippen molar-refractivity contribution in [1.82, 2.24) is 9.97 Å². The Balaban J connectivity index is 0.000000201. The van der Waals surface area contributed by atoms with Crippen LogP contribution in [0, 0.1) is 32.4 Å². The third-order valence-electron chi connectivity index (χ3n) is 4.57. The zero-order valence-electron chi connectivity index (χ0n) is 19.1. The standard InChI is InChI=1S/C12H10ClFN2OS.C11H9ClFN3OS/c1-6-3-8(14)4-9(13)11(6)16-12(17)10-5-15-7(2)18-10;1-5-2-6(13)3-7(12)9(5)16-10(17)8-4-15-11(14)18-8/h3-5H,1-2H3,(H,16,17);2-4H,1H3,(H2,14,15)(H,16,17). The van der Waals surface area contributed by atoms with Crippen molar-refractivity contribution < 1.29 is 18.4 Å². The Labute approximate surface area is 223 Å². The fourth-order valence-electron chi connectivity index (χ4n) is 2.93. The van der Waals surface area contributed by atoms with Crippen LogP contribution in [0.25, 0.3) is 0 Å². The average molecular weight is 570 g/mol. The molecule has 0 aliphatic rings. The molecular weight excluding hydrogens is 551 g/mol. The highest BCUT2D eigenvalue weighted by Gasteiger charge is 2.15. The molecule has 0 radical (unpaired) electrons. The number of aromatic nitrogens is 2. The number of hydrogen-bond donors (Lipinski definition) is 3. The van der Waals surface area contributed by atoms with E-state index in [2.05, 4.69) is 20.6 Å². The first-order chi connectivity index (χ1) is 16.9. The molecule has 0 aliphatic heterocycles. The van der Waals surface area contributed by atoms with Gasteiger partial charge in [-0.15, -0.1) is 11.3 Å². The van der Waals surface area contributed by atoms with Crippen molar-refractivity contribution >= 4 is 74.2 Å². The Hall–Kier alpha value is -3.12. The molecule has 2 amide bonds. The number of amides is 2. The first-order valence-electron chi connectivity index (χ1n) is 10.1. The van der Waals surface area contributed by atoms with Gasteiger partial charge in [-0.2, -0.15) is 0 Å². The number of anilines is 3. The van der Waals surface area contributed by atoms with Crippen LogP contribution in [-0.2, 0) is 0 Å². The number of rotatable bonds is 4. The molecule has 2 aromatic heterocycles. The van der Waals surface area contributed by atoms with Gasteiger partial charge in [-0.3, -0.25) is 9.59 Å². The largest absolute Gasteiger partial charge is 0.375 e. The molecule has 0 spiro atoms. The maximum Gasteiger partial charge on any atom is 0.267 e. The van der Waals surface area contributed by atoms with Crippen molar-refractivity contribution in [3.63, 3.8) is 0 Å². The first-order valence-corrected chi connectivity index (χ1v) is 12.5. The number of aryl methyl sites for hydroxylation is 3. The molecule has 0 fully saturated rings. The number of hydrogen-bond acceptors (Lipinski definition) is 7. The van der Waals surface area contributed by atoms with Crippen molar-refractivity contribution in [2.24, 2.45) is 0 Å². The number of carbonyl (C=O) groups is 2. The van der Waals surface area contributed by atoms with Gasteiger partial charge < -0.3 is 16.4 Å². The molecule has 2 aromatic carbocycles. The second-order valence-electron chi connectivity index (χ2n) is 7.37. The van der Waals surface area contributed by atoms with Gasteiger partial charge in [0.25, 0.3) is 11.8 Å². The minimum Gasteiger partial charge on any atom is -0.375 e. The summed E-state index contributed by atoms with van der Waals surface area (Å²) in [4.78, 5) is 32.4. The van der Waals surface area contributed by atoms with Crippen LogP contribution in [0.1, 0.15) is 35.5 Å². The minimum absolute atomic E-state index is 0.151. The molecule has 0 aliphatic carbocycles. The molecule has 36 heavy (non-hydrogen) atoms. The second-order valence-corrected chi connectivity index (χ2v) is 10.5. The molecule has 0 unspecified atom stereocenters. The summed E-state index contributed by atoms with van der Waals surface area (Å²) in [5.41, 5.74) is 7.38. The molecule has 4 rings (SSSR count). The van der Waals surface area contributed by atoms with E-state index in [9.17, 15) is 18.4 Å². The van der Waals surface area contributed by atoms with E-state index in [4.69, 9.17) is 28.9 Å².